The molecule has 3 heterocycles. The highest BCUT2D eigenvalue weighted by Gasteiger charge is 2.35. The lowest BCUT2D eigenvalue weighted by atomic mass is 9.98. The number of rotatable bonds is 4. The molecule has 0 amide bonds. The van der Waals surface area contributed by atoms with E-state index < -0.39 is 0 Å². The third-order valence-electron chi connectivity index (χ3n) is 5.72. The molecule has 31 heavy (non-hydrogen) atoms. The molecule has 0 saturated carbocycles. The normalized spacial score (nSPS) is 16.6. The van der Waals surface area contributed by atoms with Crippen molar-refractivity contribution in [2.24, 2.45) is 0 Å². The summed E-state index contributed by atoms with van der Waals surface area (Å²) in [7, 11) is 1.66. The van der Waals surface area contributed by atoms with Crippen LogP contribution in [0.15, 0.2) is 47.5 Å². The van der Waals surface area contributed by atoms with Gasteiger partial charge in [-0.25, -0.2) is 0 Å². The molecule has 0 spiro atoms. The summed E-state index contributed by atoms with van der Waals surface area (Å²) in [6.45, 7) is 5.85. The minimum absolute atomic E-state index is 0.0598. The van der Waals surface area contributed by atoms with Gasteiger partial charge in [-0.2, -0.15) is 0 Å². The van der Waals surface area contributed by atoms with Crippen molar-refractivity contribution in [1.82, 2.24) is 4.90 Å². The SMILES string of the molecule is COc1ccc(CN2COc3cc(C)c4c(c3C2)O/C(=C\c2sccc2C)C4=O)cc1. The van der Waals surface area contributed by atoms with Gasteiger partial charge in [-0.3, -0.25) is 9.69 Å². The van der Waals surface area contributed by atoms with Crippen molar-refractivity contribution in [1.29, 1.82) is 0 Å². The Morgan fingerprint density at radius 3 is 2.68 bits per heavy atom. The van der Waals surface area contributed by atoms with E-state index >= 15 is 0 Å². The largest absolute Gasteiger partial charge is 0.497 e. The Bertz CT molecular complexity index is 1190. The van der Waals surface area contributed by atoms with Crippen LogP contribution in [0.1, 0.15) is 37.5 Å². The Morgan fingerprint density at radius 1 is 1.16 bits per heavy atom. The van der Waals surface area contributed by atoms with E-state index in [1.165, 1.54) is 5.56 Å². The van der Waals surface area contributed by atoms with E-state index in [1.54, 1.807) is 18.4 Å². The second kappa shape index (κ2) is 7.87. The predicted molar refractivity (Wildman–Crippen MR) is 121 cm³/mol. The lowest BCUT2D eigenvalue weighted by Gasteiger charge is -2.30. The van der Waals surface area contributed by atoms with Crippen molar-refractivity contribution in [3.05, 3.63) is 80.2 Å². The number of nitrogens with zero attached hydrogens (tertiary/aromatic N) is 1. The number of ether oxygens (including phenoxy) is 3. The molecule has 0 fully saturated rings. The molecule has 3 aromatic rings. The van der Waals surface area contributed by atoms with E-state index in [-0.39, 0.29) is 5.78 Å². The number of carbonyl (C=O) groups excluding carboxylic acids is 1. The van der Waals surface area contributed by atoms with Gasteiger partial charge in [-0.1, -0.05) is 12.1 Å². The van der Waals surface area contributed by atoms with Gasteiger partial charge in [0, 0.05) is 24.0 Å². The number of carbonyl (C=O) groups is 1. The summed E-state index contributed by atoms with van der Waals surface area (Å²) < 4.78 is 17.4. The van der Waals surface area contributed by atoms with Gasteiger partial charge in [0.05, 0.1) is 18.2 Å². The first-order chi connectivity index (χ1) is 15.0. The molecule has 0 bridgehead atoms. The van der Waals surface area contributed by atoms with Gasteiger partial charge in [0.1, 0.15) is 24.0 Å². The van der Waals surface area contributed by atoms with E-state index in [9.17, 15) is 4.79 Å². The highest BCUT2D eigenvalue weighted by molar-refractivity contribution is 7.11. The number of thiophene rings is 1. The van der Waals surface area contributed by atoms with Gasteiger partial charge in [-0.05, 0) is 60.2 Å². The monoisotopic (exact) mass is 433 g/mol. The standard InChI is InChI=1S/C25H23NO4S/c1-15-8-9-31-22(15)11-21-24(27)23-16(2)10-20-19(25(23)30-21)13-26(14-29-20)12-17-4-6-18(28-3)7-5-17/h4-11H,12-14H2,1-3H3/b21-11-. The second-order valence-corrected chi connectivity index (χ2v) is 8.84. The zero-order chi connectivity index (χ0) is 21.5. The van der Waals surface area contributed by atoms with E-state index in [0.717, 1.165) is 39.6 Å². The summed E-state index contributed by atoms with van der Waals surface area (Å²) in [6.07, 6.45) is 1.85. The molecule has 6 heteroatoms. The third-order valence-corrected chi connectivity index (χ3v) is 6.68. The Labute approximate surface area is 185 Å². The third kappa shape index (κ3) is 3.62. The van der Waals surface area contributed by atoms with Gasteiger partial charge >= 0.3 is 0 Å². The lowest BCUT2D eigenvalue weighted by molar-refractivity contribution is 0.0872. The Hall–Kier alpha value is -3.09. The number of Topliss-reactive ketones (excluding diaryl/α,β-unsaturated/α-hetero) is 1. The number of ketones is 1. The van der Waals surface area contributed by atoms with Gasteiger partial charge in [0.15, 0.2) is 5.76 Å². The van der Waals surface area contributed by atoms with E-state index in [2.05, 4.69) is 17.0 Å². The molecule has 1 aromatic heterocycles. The Balaban J connectivity index is 1.44. The molecule has 2 aliphatic rings. The van der Waals surface area contributed by atoms with Crippen LogP contribution in [0.2, 0.25) is 0 Å². The van der Waals surface area contributed by atoms with Gasteiger partial charge < -0.3 is 14.2 Å². The van der Waals surface area contributed by atoms with Crippen LogP contribution in [0.4, 0.5) is 0 Å². The summed E-state index contributed by atoms with van der Waals surface area (Å²) >= 11 is 1.60. The molecular formula is C25H23NO4S. The number of fused-ring (bicyclic) bond motifs is 3. The van der Waals surface area contributed by atoms with Crippen LogP contribution in [0.3, 0.4) is 0 Å². The van der Waals surface area contributed by atoms with Crippen LogP contribution < -0.4 is 14.2 Å². The fourth-order valence-electron chi connectivity index (χ4n) is 4.02. The fourth-order valence-corrected chi connectivity index (χ4v) is 4.87. The molecule has 158 valence electrons. The van der Waals surface area contributed by atoms with Crippen LogP contribution in [0.25, 0.3) is 6.08 Å². The smallest absolute Gasteiger partial charge is 0.232 e. The first-order valence-corrected chi connectivity index (χ1v) is 11.0. The summed E-state index contributed by atoms with van der Waals surface area (Å²) in [4.78, 5) is 16.4. The molecule has 0 N–H and O–H groups in total. The zero-order valence-electron chi connectivity index (χ0n) is 17.7. The lowest BCUT2D eigenvalue weighted by Crippen LogP contribution is -2.31. The topological polar surface area (TPSA) is 48.0 Å². The molecule has 2 aliphatic heterocycles. The molecule has 0 radical (unpaired) electrons. The van der Waals surface area contributed by atoms with Gasteiger partial charge in [-0.15, -0.1) is 11.3 Å². The van der Waals surface area contributed by atoms with Crippen molar-refractivity contribution in [3.63, 3.8) is 0 Å². The van der Waals surface area contributed by atoms with Crippen LogP contribution in [-0.4, -0.2) is 24.5 Å². The van der Waals surface area contributed by atoms with Crippen LogP contribution in [0.5, 0.6) is 17.2 Å². The molecule has 0 aliphatic carbocycles. The first-order valence-electron chi connectivity index (χ1n) is 10.2. The minimum atomic E-state index is -0.0598. The number of allylic oxidation sites excluding steroid dienone is 1. The highest BCUT2D eigenvalue weighted by atomic mass is 32.1. The minimum Gasteiger partial charge on any atom is -0.497 e. The van der Waals surface area contributed by atoms with Crippen LogP contribution in [0, 0.1) is 13.8 Å². The molecule has 5 nitrogen and oxygen atoms in total. The molecule has 2 aromatic carbocycles. The number of aryl methyl sites for hydroxylation is 2. The summed E-state index contributed by atoms with van der Waals surface area (Å²) in [5, 5.41) is 2.02. The molecular weight excluding hydrogens is 410 g/mol. The zero-order valence-corrected chi connectivity index (χ0v) is 18.5. The van der Waals surface area contributed by atoms with E-state index in [4.69, 9.17) is 14.2 Å². The van der Waals surface area contributed by atoms with Gasteiger partial charge in [0.2, 0.25) is 5.78 Å². The highest BCUT2D eigenvalue weighted by Crippen LogP contribution is 2.44. The maximum absolute atomic E-state index is 13.1. The van der Waals surface area contributed by atoms with Crippen molar-refractivity contribution in [2.75, 3.05) is 13.8 Å². The summed E-state index contributed by atoms with van der Waals surface area (Å²) in [5.41, 5.74) is 4.77. The van der Waals surface area contributed by atoms with Crippen molar-refractivity contribution < 1.29 is 19.0 Å². The summed E-state index contributed by atoms with van der Waals surface area (Å²) in [5.74, 6) is 2.59. The van der Waals surface area contributed by atoms with E-state index in [1.807, 2.05) is 49.6 Å². The number of methoxy groups -OCH3 is 1. The molecule has 0 unspecified atom stereocenters. The van der Waals surface area contributed by atoms with Crippen LogP contribution in [-0.2, 0) is 13.1 Å². The average molecular weight is 434 g/mol. The maximum atomic E-state index is 13.1. The van der Waals surface area contributed by atoms with Gasteiger partial charge in [0.25, 0.3) is 0 Å². The quantitative estimate of drug-likeness (QED) is 0.520. The Kier molecular flexibility index (Phi) is 5.04. The molecule has 5 rings (SSSR count). The Morgan fingerprint density at radius 2 is 1.97 bits per heavy atom. The molecule has 0 atom stereocenters. The maximum Gasteiger partial charge on any atom is 0.232 e. The first kappa shape index (κ1) is 19.8. The summed E-state index contributed by atoms with van der Waals surface area (Å²) in [6, 6.07) is 12.0. The average Bonchev–Trinajstić information content (AvgIpc) is 3.33. The van der Waals surface area contributed by atoms with Crippen molar-refractivity contribution in [2.45, 2.75) is 26.9 Å². The number of benzene rings is 2. The number of hydrogen-bond acceptors (Lipinski definition) is 6. The van der Waals surface area contributed by atoms with E-state index in [0.29, 0.717) is 30.3 Å². The second-order valence-electron chi connectivity index (χ2n) is 7.89. The van der Waals surface area contributed by atoms with Crippen LogP contribution >= 0.6 is 11.3 Å². The van der Waals surface area contributed by atoms with Crippen molar-refractivity contribution in [3.8, 4) is 17.2 Å². The predicted octanol–water partition coefficient (Wildman–Crippen LogP) is 5.34. The number of hydrogen-bond donors (Lipinski definition) is 0. The van der Waals surface area contributed by atoms with Crippen molar-refractivity contribution >= 4 is 23.2 Å². The molecule has 0 saturated heterocycles. The fraction of sp³-hybridized carbons (Fsp3) is 0.240.